The van der Waals surface area contributed by atoms with Crippen LogP contribution in [-0.4, -0.2) is 67.7 Å². The van der Waals surface area contributed by atoms with Crippen LogP contribution in [0.1, 0.15) is 5.56 Å². The van der Waals surface area contributed by atoms with Crippen molar-refractivity contribution in [2.75, 3.05) is 55.7 Å². The van der Waals surface area contributed by atoms with Gasteiger partial charge in [0.05, 0.1) is 30.1 Å². The Balaban J connectivity index is 1.49. The highest BCUT2D eigenvalue weighted by Crippen LogP contribution is 2.39. The first-order chi connectivity index (χ1) is 15.1. The smallest absolute Gasteiger partial charge is 0.269 e. The lowest BCUT2D eigenvalue weighted by Gasteiger charge is -2.50. The molecule has 31 heavy (non-hydrogen) atoms. The number of nitro benzene ring substituents is 1. The van der Waals surface area contributed by atoms with Crippen LogP contribution < -0.4 is 9.80 Å². The number of anilines is 2. The Kier molecular flexibility index (Phi) is 5.23. The fraction of sp³-hybridized carbons (Fsp3) is 0.435. The van der Waals surface area contributed by atoms with Crippen LogP contribution in [0.2, 0.25) is 0 Å². The number of fused-ring (bicyclic) bond motifs is 3. The van der Waals surface area contributed by atoms with Crippen LogP contribution in [0, 0.1) is 16.0 Å². The molecule has 2 atom stereocenters. The van der Waals surface area contributed by atoms with Crippen molar-refractivity contribution in [1.82, 2.24) is 4.90 Å². The molecule has 3 heterocycles. The van der Waals surface area contributed by atoms with E-state index < -0.39 is 0 Å². The zero-order chi connectivity index (χ0) is 21.4. The Morgan fingerprint density at radius 2 is 1.81 bits per heavy atom. The Hall–Kier alpha value is -3.13. The number of rotatable bonds is 3. The van der Waals surface area contributed by atoms with E-state index in [0.717, 1.165) is 36.6 Å². The molecule has 5 rings (SSSR count). The molecule has 8 nitrogen and oxygen atoms in total. The highest BCUT2D eigenvalue weighted by molar-refractivity contribution is 5.83. The predicted octanol–water partition coefficient (Wildman–Crippen LogP) is 2.32. The van der Waals surface area contributed by atoms with E-state index in [1.54, 1.807) is 12.1 Å². The molecule has 0 N–H and O–H groups in total. The second-order valence-electron chi connectivity index (χ2n) is 8.36. The maximum atomic E-state index is 13.6. The van der Waals surface area contributed by atoms with Gasteiger partial charge in [-0.2, -0.15) is 0 Å². The minimum atomic E-state index is -0.363. The van der Waals surface area contributed by atoms with Crippen LogP contribution in [0.4, 0.5) is 17.1 Å². The molecule has 0 radical (unpaired) electrons. The molecular weight excluding hydrogens is 396 g/mol. The maximum Gasteiger partial charge on any atom is 0.269 e. The van der Waals surface area contributed by atoms with Gasteiger partial charge in [-0.15, -0.1) is 0 Å². The second kappa shape index (κ2) is 8.19. The van der Waals surface area contributed by atoms with Crippen molar-refractivity contribution >= 4 is 23.0 Å². The third kappa shape index (κ3) is 3.72. The lowest BCUT2D eigenvalue weighted by molar-refractivity contribution is -0.384. The summed E-state index contributed by atoms with van der Waals surface area (Å²) in [4.78, 5) is 31.1. The topological polar surface area (TPSA) is 79.2 Å². The zero-order valence-corrected chi connectivity index (χ0v) is 17.4. The van der Waals surface area contributed by atoms with Gasteiger partial charge in [-0.05, 0) is 30.2 Å². The number of nitro groups is 1. The van der Waals surface area contributed by atoms with Crippen molar-refractivity contribution in [2.24, 2.45) is 5.92 Å². The highest BCUT2D eigenvalue weighted by Gasteiger charge is 2.43. The number of carbonyl (C=O) groups is 1. The fourth-order valence-electron chi connectivity index (χ4n) is 5.10. The summed E-state index contributed by atoms with van der Waals surface area (Å²) in [5, 5.41) is 11.3. The Labute approximate surface area is 181 Å². The molecule has 0 aromatic heterocycles. The number of benzene rings is 2. The third-order valence-corrected chi connectivity index (χ3v) is 6.67. The number of carbonyl (C=O) groups excluding carboxylic acids is 1. The molecule has 2 aromatic carbocycles. The Morgan fingerprint density at radius 1 is 1.03 bits per heavy atom. The number of non-ortho nitro benzene ring substituents is 1. The number of nitrogens with zero attached hydrogens (tertiary/aromatic N) is 4. The van der Waals surface area contributed by atoms with Crippen LogP contribution >= 0.6 is 0 Å². The lowest BCUT2D eigenvalue weighted by Crippen LogP contribution is -2.62. The Morgan fingerprint density at radius 3 is 2.55 bits per heavy atom. The number of hydrogen-bond donors (Lipinski definition) is 0. The average molecular weight is 422 g/mol. The molecule has 0 bridgehead atoms. The van der Waals surface area contributed by atoms with E-state index in [-0.39, 0.29) is 28.5 Å². The standard InChI is InChI=1S/C23H26N4O4/c28-23(24-10-12-31-13-11-24)20-15-17-14-19(27(29)30)6-7-21(17)26-9-8-25(16-22(20)26)18-4-2-1-3-5-18/h1-7,14,20,22H,8-13,15-16H2. The monoisotopic (exact) mass is 422 g/mol. The van der Waals surface area contributed by atoms with Crippen LogP contribution in [0.5, 0.6) is 0 Å². The molecule has 0 spiro atoms. The minimum Gasteiger partial charge on any atom is -0.378 e. The lowest BCUT2D eigenvalue weighted by atomic mass is 9.82. The summed E-state index contributed by atoms with van der Waals surface area (Å²) in [6, 6.07) is 15.4. The molecule has 2 unspecified atom stereocenters. The molecular formula is C23H26N4O4. The van der Waals surface area contributed by atoms with Gasteiger partial charge in [0, 0.05) is 56.2 Å². The van der Waals surface area contributed by atoms with Crippen LogP contribution in [0.15, 0.2) is 48.5 Å². The molecule has 0 aliphatic carbocycles. The van der Waals surface area contributed by atoms with E-state index in [9.17, 15) is 14.9 Å². The molecule has 3 aliphatic rings. The van der Waals surface area contributed by atoms with Crippen molar-refractivity contribution < 1.29 is 14.5 Å². The summed E-state index contributed by atoms with van der Waals surface area (Å²) in [6.07, 6.45) is 0.525. The van der Waals surface area contributed by atoms with Crippen LogP contribution in [0.25, 0.3) is 0 Å². The van der Waals surface area contributed by atoms with Gasteiger partial charge in [-0.1, -0.05) is 18.2 Å². The van der Waals surface area contributed by atoms with Crippen molar-refractivity contribution in [3.05, 3.63) is 64.2 Å². The van der Waals surface area contributed by atoms with Gasteiger partial charge < -0.3 is 19.4 Å². The number of hydrogen-bond acceptors (Lipinski definition) is 6. The first kappa shape index (κ1) is 19.8. The fourth-order valence-corrected chi connectivity index (χ4v) is 5.10. The summed E-state index contributed by atoms with van der Waals surface area (Å²) >= 11 is 0. The van der Waals surface area contributed by atoms with E-state index in [2.05, 4.69) is 21.9 Å². The van der Waals surface area contributed by atoms with Gasteiger partial charge in [-0.3, -0.25) is 14.9 Å². The average Bonchev–Trinajstić information content (AvgIpc) is 2.83. The molecule has 2 fully saturated rings. The van der Waals surface area contributed by atoms with E-state index in [4.69, 9.17) is 4.74 Å². The van der Waals surface area contributed by atoms with Gasteiger partial charge >= 0.3 is 0 Å². The van der Waals surface area contributed by atoms with Gasteiger partial charge in [0.1, 0.15) is 0 Å². The van der Waals surface area contributed by atoms with Gasteiger partial charge in [-0.25, -0.2) is 0 Å². The molecule has 8 heteroatoms. The van der Waals surface area contributed by atoms with Crippen molar-refractivity contribution in [3.8, 4) is 0 Å². The summed E-state index contributed by atoms with van der Waals surface area (Å²) in [7, 11) is 0. The number of ether oxygens (including phenoxy) is 1. The maximum absolute atomic E-state index is 13.6. The molecule has 162 valence electrons. The quantitative estimate of drug-likeness (QED) is 0.558. The largest absolute Gasteiger partial charge is 0.378 e. The van der Waals surface area contributed by atoms with Crippen LogP contribution in [0.3, 0.4) is 0 Å². The second-order valence-corrected chi connectivity index (χ2v) is 8.36. The Bertz CT molecular complexity index is 977. The highest BCUT2D eigenvalue weighted by atomic mass is 16.6. The number of morpholine rings is 1. The summed E-state index contributed by atoms with van der Waals surface area (Å²) in [5.41, 5.74) is 3.16. The van der Waals surface area contributed by atoms with Gasteiger partial charge in [0.25, 0.3) is 5.69 Å². The molecule has 1 amide bonds. The summed E-state index contributed by atoms with van der Waals surface area (Å²) < 4.78 is 5.43. The van der Waals surface area contributed by atoms with E-state index in [1.165, 1.54) is 0 Å². The molecule has 2 aromatic rings. The molecule has 2 saturated heterocycles. The van der Waals surface area contributed by atoms with Crippen molar-refractivity contribution in [2.45, 2.75) is 12.5 Å². The van der Waals surface area contributed by atoms with Crippen molar-refractivity contribution in [3.63, 3.8) is 0 Å². The molecule has 3 aliphatic heterocycles. The first-order valence-electron chi connectivity index (χ1n) is 10.8. The predicted molar refractivity (Wildman–Crippen MR) is 117 cm³/mol. The summed E-state index contributed by atoms with van der Waals surface area (Å²) in [6.45, 7) is 4.70. The van der Waals surface area contributed by atoms with E-state index in [1.807, 2.05) is 29.2 Å². The van der Waals surface area contributed by atoms with Gasteiger partial charge in [0.2, 0.25) is 5.91 Å². The van der Waals surface area contributed by atoms with E-state index >= 15 is 0 Å². The van der Waals surface area contributed by atoms with Gasteiger partial charge in [0.15, 0.2) is 0 Å². The van der Waals surface area contributed by atoms with E-state index in [0.29, 0.717) is 32.7 Å². The minimum absolute atomic E-state index is 0.0262. The number of amides is 1. The number of para-hydroxylation sites is 1. The zero-order valence-electron chi connectivity index (χ0n) is 17.4. The number of piperazine rings is 1. The SMILES string of the molecule is O=C(C1Cc2cc([N+](=O)[O-])ccc2N2CCN(c3ccccc3)CC12)N1CCOCC1. The normalized spacial score (nSPS) is 23.2. The first-order valence-corrected chi connectivity index (χ1v) is 10.8. The third-order valence-electron chi connectivity index (χ3n) is 6.67. The van der Waals surface area contributed by atoms with Crippen molar-refractivity contribution in [1.29, 1.82) is 0 Å². The molecule has 0 saturated carbocycles. The van der Waals surface area contributed by atoms with Crippen LogP contribution in [-0.2, 0) is 16.0 Å². The summed E-state index contributed by atoms with van der Waals surface area (Å²) in [5.74, 6) is -0.107.